The van der Waals surface area contributed by atoms with Gasteiger partial charge in [-0.05, 0) is 34.1 Å². The molecule has 1 aromatic rings. The molecule has 0 heterocycles. The lowest BCUT2D eigenvalue weighted by atomic mass is 10.2. The zero-order valence-electron chi connectivity index (χ0n) is 10.9. The van der Waals surface area contributed by atoms with Crippen molar-refractivity contribution in [3.8, 4) is 0 Å². The zero-order chi connectivity index (χ0) is 14.4. The number of amides is 1. The Bertz CT molecular complexity index is 475. The topological polar surface area (TPSA) is 78.4 Å². The second-order valence-corrected chi connectivity index (χ2v) is 5.26. The maximum atomic E-state index is 11.6. The van der Waals surface area contributed by atoms with E-state index in [1.807, 2.05) is 13.8 Å². The molecule has 19 heavy (non-hydrogen) atoms. The van der Waals surface area contributed by atoms with Crippen molar-refractivity contribution in [1.29, 1.82) is 0 Å². The summed E-state index contributed by atoms with van der Waals surface area (Å²) in [5.74, 6) is -1.18. The van der Waals surface area contributed by atoms with Crippen LogP contribution in [0.1, 0.15) is 30.6 Å². The molecule has 1 aromatic carbocycles. The van der Waals surface area contributed by atoms with Crippen LogP contribution in [0.25, 0.3) is 0 Å². The van der Waals surface area contributed by atoms with E-state index < -0.39 is 5.97 Å². The summed E-state index contributed by atoms with van der Waals surface area (Å²) in [6, 6.07) is 5.02. The van der Waals surface area contributed by atoms with Crippen LogP contribution in [-0.2, 0) is 4.79 Å². The molecule has 0 radical (unpaired) electrons. The second kappa shape index (κ2) is 7.25. The van der Waals surface area contributed by atoms with Crippen molar-refractivity contribution in [2.24, 2.45) is 0 Å². The van der Waals surface area contributed by atoms with E-state index in [2.05, 4.69) is 26.6 Å². The summed E-state index contributed by atoms with van der Waals surface area (Å²) in [6.45, 7) is 4.60. The predicted molar refractivity (Wildman–Crippen MR) is 77.5 cm³/mol. The van der Waals surface area contributed by atoms with Crippen molar-refractivity contribution in [3.05, 3.63) is 28.2 Å². The predicted octanol–water partition coefficient (Wildman–Crippen LogP) is 2.47. The molecular weight excluding hydrogens is 312 g/mol. The third kappa shape index (κ3) is 5.40. The molecule has 0 saturated carbocycles. The number of hydrogen-bond acceptors (Lipinski definition) is 3. The highest BCUT2D eigenvalue weighted by Crippen LogP contribution is 2.21. The van der Waals surface area contributed by atoms with Crippen molar-refractivity contribution in [1.82, 2.24) is 5.32 Å². The third-order valence-electron chi connectivity index (χ3n) is 2.39. The number of anilines is 1. The van der Waals surface area contributed by atoms with Gasteiger partial charge in [-0.1, -0.05) is 13.8 Å². The van der Waals surface area contributed by atoms with Gasteiger partial charge in [-0.15, -0.1) is 0 Å². The third-order valence-corrected chi connectivity index (χ3v) is 3.08. The molecule has 1 amide bonds. The van der Waals surface area contributed by atoms with Gasteiger partial charge < -0.3 is 15.7 Å². The van der Waals surface area contributed by atoms with Gasteiger partial charge in [-0.3, -0.25) is 4.79 Å². The Morgan fingerprint density at radius 3 is 2.63 bits per heavy atom. The normalized spacial score (nSPS) is 10.5. The molecule has 104 valence electrons. The van der Waals surface area contributed by atoms with E-state index in [-0.39, 0.29) is 11.5 Å². The van der Waals surface area contributed by atoms with Crippen LogP contribution < -0.4 is 10.6 Å². The lowest BCUT2D eigenvalue weighted by Crippen LogP contribution is -2.27. The van der Waals surface area contributed by atoms with Gasteiger partial charge in [-0.25, -0.2) is 4.79 Å². The first-order valence-electron chi connectivity index (χ1n) is 5.96. The maximum absolute atomic E-state index is 11.6. The Morgan fingerprint density at radius 2 is 2.05 bits per heavy atom. The van der Waals surface area contributed by atoms with Crippen LogP contribution in [0.3, 0.4) is 0 Å². The van der Waals surface area contributed by atoms with Gasteiger partial charge in [0.05, 0.1) is 5.56 Å². The highest BCUT2D eigenvalue weighted by atomic mass is 79.9. The van der Waals surface area contributed by atoms with E-state index in [9.17, 15) is 9.59 Å². The highest BCUT2D eigenvalue weighted by molar-refractivity contribution is 9.10. The molecule has 0 saturated heterocycles. The van der Waals surface area contributed by atoms with Gasteiger partial charge >= 0.3 is 5.97 Å². The number of halogens is 1. The summed E-state index contributed by atoms with van der Waals surface area (Å²) in [4.78, 5) is 22.6. The Kier molecular flexibility index (Phi) is 5.98. The summed E-state index contributed by atoms with van der Waals surface area (Å²) in [5.41, 5.74) is 0.605. The van der Waals surface area contributed by atoms with Gasteiger partial charge in [-0.2, -0.15) is 0 Å². The van der Waals surface area contributed by atoms with Crippen molar-refractivity contribution >= 4 is 33.5 Å². The van der Waals surface area contributed by atoms with Gasteiger partial charge in [0.15, 0.2) is 0 Å². The Morgan fingerprint density at radius 1 is 1.37 bits per heavy atom. The van der Waals surface area contributed by atoms with E-state index in [1.54, 1.807) is 12.1 Å². The lowest BCUT2D eigenvalue weighted by Gasteiger charge is -2.09. The average molecular weight is 329 g/mol. The van der Waals surface area contributed by atoms with Crippen LogP contribution in [0.5, 0.6) is 0 Å². The Hall–Kier alpha value is -1.40. The number of carbonyl (C=O) groups is 2. The van der Waals surface area contributed by atoms with Gasteiger partial charge in [0.1, 0.15) is 0 Å². The molecule has 0 aliphatic carbocycles. The molecule has 0 spiro atoms. The molecule has 0 aliphatic rings. The fourth-order valence-corrected chi connectivity index (χ4v) is 1.88. The summed E-state index contributed by atoms with van der Waals surface area (Å²) in [6.07, 6.45) is 0.344. The molecule has 0 aliphatic heterocycles. The van der Waals surface area contributed by atoms with E-state index in [0.717, 1.165) is 0 Å². The minimum Gasteiger partial charge on any atom is -0.478 e. The van der Waals surface area contributed by atoms with Crippen LogP contribution >= 0.6 is 15.9 Å². The number of rotatable bonds is 6. The Labute approximate surface area is 120 Å². The zero-order valence-corrected chi connectivity index (χ0v) is 12.5. The first-order chi connectivity index (χ1) is 8.90. The lowest BCUT2D eigenvalue weighted by molar-refractivity contribution is -0.116. The molecule has 0 aromatic heterocycles. The van der Waals surface area contributed by atoms with Gasteiger partial charge in [0.25, 0.3) is 0 Å². The summed E-state index contributed by atoms with van der Waals surface area (Å²) < 4.78 is 0.486. The van der Waals surface area contributed by atoms with Gasteiger partial charge in [0.2, 0.25) is 5.91 Å². The molecule has 0 atom stereocenters. The number of aromatic carboxylic acids is 1. The number of carboxylic acids is 1. The highest BCUT2D eigenvalue weighted by Gasteiger charge is 2.10. The van der Waals surface area contributed by atoms with Crippen LogP contribution in [0.2, 0.25) is 0 Å². The van der Waals surface area contributed by atoms with E-state index in [4.69, 9.17) is 5.11 Å². The van der Waals surface area contributed by atoms with Crippen LogP contribution in [0.4, 0.5) is 5.69 Å². The number of nitrogens with one attached hydrogen (secondary N) is 2. The summed E-state index contributed by atoms with van der Waals surface area (Å²) in [7, 11) is 0. The fourth-order valence-electron chi connectivity index (χ4n) is 1.46. The second-order valence-electron chi connectivity index (χ2n) is 4.41. The Balaban J connectivity index is 2.60. The minimum absolute atomic E-state index is 0.123. The molecular formula is C13H17BrN2O3. The van der Waals surface area contributed by atoms with E-state index >= 15 is 0 Å². The van der Waals surface area contributed by atoms with E-state index in [1.165, 1.54) is 6.07 Å². The number of carbonyl (C=O) groups excluding carboxylic acids is 1. The SMILES string of the molecule is CC(C)NCCC(=O)Nc1ccc(Br)c(C(=O)O)c1. The molecule has 3 N–H and O–H groups in total. The van der Waals surface area contributed by atoms with Crippen molar-refractivity contribution in [2.75, 3.05) is 11.9 Å². The van der Waals surface area contributed by atoms with Crippen molar-refractivity contribution in [3.63, 3.8) is 0 Å². The molecule has 0 bridgehead atoms. The quantitative estimate of drug-likeness (QED) is 0.749. The summed E-state index contributed by atoms with van der Waals surface area (Å²) >= 11 is 3.15. The number of benzene rings is 1. The fraction of sp³-hybridized carbons (Fsp3) is 0.385. The first-order valence-corrected chi connectivity index (χ1v) is 6.75. The van der Waals surface area contributed by atoms with Crippen LogP contribution in [0, 0.1) is 0 Å². The minimum atomic E-state index is -1.04. The van der Waals surface area contributed by atoms with Gasteiger partial charge in [0, 0.05) is 29.2 Å². The molecule has 0 fully saturated rings. The van der Waals surface area contributed by atoms with Crippen LogP contribution in [-0.4, -0.2) is 29.6 Å². The standard InChI is InChI=1S/C13H17BrN2O3/c1-8(2)15-6-5-12(17)16-9-3-4-11(14)10(7-9)13(18)19/h3-4,7-8,15H,5-6H2,1-2H3,(H,16,17)(H,18,19). The van der Waals surface area contributed by atoms with Crippen molar-refractivity contribution in [2.45, 2.75) is 26.3 Å². The number of hydrogen-bond donors (Lipinski definition) is 3. The monoisotopic (exact) mass is 328 g/mol. The maximum Gasteiger partial charge on any atom is 0.336 e. The summed E-state index contributed by atoms with van der Waals surface area (Å²) in [5, 5.41) is 14.8. The molecule has 0 unspecified atom stereocenters. The average Bonchev–Trinajstić information content (AvgIpc) is 2.30. The number of carboxylic acid groups (broad SMARTS) is 1. The smallest absolute Gasteiger partial charge is 0.336 e. The van der Waals surface area contributed by atoms with Crippen LogP contribution in [0.15, 0.2) is 22.7 Å². The first kappa shape index (κ1) is 15.7. The largest absolute Gasteiger partial charge is 0.478 e. The van der Waals surface area contributed by atoms with E-state index in [0.29, 0.717) is 29.2 Å². The molecule has 6 heteroatoms. The molecule has 1 rings (SSSR count). The van der Waals surface area contributed by atoms with Crippen molar-refractivity contribution < 1.29 is 14.7 Å². The molecule has 5 nitrogen and oxygen atoms in total.